The lowest BCUT2D eigenvalue weighted by Crippen LogP contribution is -2.44. The van der Waals surface area contributed by atoms with Gasteiger partial charge in [0.25, 0.3) is 0 Å². The van der Waals surface area contributed by atoms with Gasteiger partial charge < -0.3 is 20.5 Å². The molecule has 0 spiro atoms. The van der Waals surface area contributed by atoms with Crippen LogP contribution in [-0.4, -0.2) is 24.0 Å². The molecule has 0 radical (unpaired) electrons. The van der Waals surface area contributed by atoms with E-state index in [2.05, 4.69) is 5.32 Å². The first kappa shape index (κ1) is 19.0. The van der Waals surface area contributed by atoms with Crippen molar-refractivity contribution in [2.45, 2.75) is 25.7 Å². The number of rotatable bonds is 8. The molecule has 136 valence electrons. The van der Waals surface area contributed by atoms with Crippen LogP contribution < -0.4 is 11.1 Å². The fraction of sp³-hybridized carbons (Fsp3) is 0.211. The van der Waals surface area contributed by atoms with Gasteiger partial charge in [0.15, 0.2) is 0 Å². The average Bonchev–Trinajstić information content (AvgIpc) is 2.65. The summed E-state index contributed by atoms with van der Waals surface area (Å²) in [5.74, 6) is -1.50. The Bertz CT molecular complexity index is 734. The summed E-state index contributed by atoms with van der Waals surface area (Å²) in [6, 6.07) is 16.9. The molecule has 0 saturated heterocycles. The van der Waals surface area contributed by atoms with Crippen LogP contribution in [0, 0.1) is 0 Å². The van der Waals surface area contributed by atoms with Crippen LogP contribution in [-0.2, 0) is 32.3 Å². The zero-order valence-electron chi connectivity index (χ0n) is 14.1. The Morgan fingerprint density at radius 1 is 0.846 bits per heavy atom. The maximum atomic E-state index is 12.2. The largest absolute Gasteiger partial charge is 0.459 e. The Balaban J connectivity index is 1.87. The van der Waals surface area contributed by atoms with E-state index in [-0.39, 0.29) is 19.6 Å². The summed E-state index contributed by atoms with van der Waals surface area (Å²) in [5.41, 5.74) is 6.72. The highest BCUT2D eigenvalue weighted by molar-refractivity contribution is 5.87. The Morgan fingerprint density at radius 3 is 1.85 bits per heavy atom. The summed E-state index contributed by atoms with van der Waals surface area (Å²) in [6.45, 7) is 0.0602. The summed E-state index contributed by atoms with van der Waals surface area (Å²) in [7, 11) is 0. The third-order valence-corrected chi connectivity index (χ3v) is 3.42. The molecule has 0 aliphatic carbocycles. The second-order valence-corrected chi connectivity index (χ2v) is 5.52. The van der Waals surface area contributed by atoms with Gasteiger partial charge in [-0.2, -0.15) is 0 Å². The SMILES string of the molecule is NC(=O)C[C@@H](NC(=O)OCc1ccccc1)C(=O)OCc1ccccc1. The van der Waals surface area contributed by atoms with Crippen LogP contribution in [0.3, 0.4) is 0 Å². The van der Waals surface area contributed by atoms with E-state index in [0.717, 1.165) is 11.1 Å². The van der Waals surface area contributed by atoms with Gasteiger partial charge in [0, 0.05) is 0 Å². The van der Waals surface area contributed by atoms with Crippen molar-refractivity contribution in [3.8, 4) is 0 Å². The van der Waals surface area contributed by atoms with Crippen LogP contribution in [0.15, 0.2) is 60.7 Å². The van der Waals surface area contributed by atoms with Crippen LogP contribution in [0.1, 0.15) is 17.5 Å². The molecule has 0 unspecified atom stereocenters. The fourth-order valence-corrected chi connectivity index (χ4v) is 2.13. The van der Waals surface area contributed by atoms with E-state index in [1.54, 1.807) is 24.3 Å². The van der Waals surface area contributed by atoms with Gasteiger partial charge in [0.2, 0.25) is 5.91 Å². The first-order chi connectivity index (χ1) is 12.5. The molecule has 3 N–H and O–H groups in total. The summed E-state index contributed by atoms with van der Waals surface area (Å²) in [5, 5.41) is 2.32. The van der Waals surface area contributed by atoms with Gasteiger partial charge in [-0.25, -0.2) is 9.59 Å². The summed E-state index contributed by atoms with van der Waals surface area (Å²) < 4.78 is 10.2. The molecular weight excluding hydrogens is 336 g/mol. The first-order valence-corrected chi connectivity index (χ1v) is 8.00. The number of nitrogens with two attached hydrogens (primary N) is 1. The molecule has 2 aromatic rings. The predicted octanol–water partition coefficient (Wildman–Crippen LogP) is 1.90. The maximum Gasteiger partial charge on any atom is 0.408 e. The van der Waals surface area contributed by atoms with E-state index in [1.165, 1.54) is 0 Å². The standard InChI is InChI=1S/C19H20N2O5/c20-17(22)11-16(18(23)25-12-14-7-3-1-4-8-14)21-19(24)26-13-15-9-5-2-6-10-15/h1-10,16H,11-13H2,(H2,20,22)(H,21,24)/t16-/m1/s1. The van der Waals surface area contributed by atoms with Crippen molar-refractivity contribution < 1.29 is 23.9 Å². The monoisotopic (exact) mass is 356 g/mol. The van der Waals surface area contributed by atoms with Crippen molar-refractivity contribution in [3.63, 3.8) is 0 Å². The second kappa shape index (κ2) is 9.83. The normalized spacial score (nSPS) is 11.2. The lowest BCUT2D eigenvalue weighted by molar-refractivity contribution is -0.148. The van der Waals surface area contributed by atoms with E-state index >= 15 is 0 Å². The molecule has 0 aliphatic heterocycles. The van der Waals surface area contributed by atoms with Crippen molar-refractivity contribution in [2.24, 2.45) is 5.73 Å². The molecule has 26 heavy (non-hydrogen) atoms. The number of benzene rings is 2. The highest BCUT2D eigenvalue weighted by Crippen LogP contribution is 2.05. The van der Waals surface area contributed by atoms with E-state index in [4.69, 9.17) is 15.2 Å². The Morgan fingerprint density at radius 2 is 1.35 bits per heavy atom. The molecule has 0 aromatic heterocycles. The average molecular weight is 356 g/mol. The highest BCUT2D eigenvalue weighted by atomic mass is 16.6. The molecule has 2 rings (SSSR count). The molecule has 2 aromatic carbocycles. The van der Waals surface area contributed by atoms with Crippen LogP contribution in [0.5, 0.6) is 0 Å². The lowest BCUT2D eigenvalue weighted by Gasteiger charge is -2.16. The first-order valence-electron chi connectivity index (χ1n) is 8.00. The van der Waals surface area contributed by atoms with Gasteiger partial charge in [0.1, 0.15) is 19.3 Å². The highest BCUT2D eigenvalue weighted by Gasteiger charge is 2.25. The molecule has 0 bridgehead atoms. The van der Waals surface area contributed by atoms with Crippen LogP contribution in [0.2, 0.25) is 0 Å². The van der Waals surface area contributed by atoms with E-state index in [1.807, 2.05) is 36.4 Å². The fourth-order valence-electron chi connectivity index (χ4n) is 2.13. The van der Waals surface area contributed by atoms with Gasteiger partial charge in [-0.1, -0.05) is 60.7 Å². The third kappa shape index (κ3) is 6.64. The van der Waals surface area contributed by atoms with Crippen LogP contribution in [0.25, 0.3) is 0 Å². The second-order valence-electron chi connectivity index (χ2n) is 5.52. The number of primary amides is 1. The number of hydrogen-bond acceptors (Lipinski definition) is 5. The molecular formula is C19H20N2O5. The maximum absolute atomic E-state index is 12.2. The topological polar surface area (TPSA) is 108 Å². The quantitative estimate of drug-likeness (QED) is 0.703. The van der Waals surface area contributed by atoms with Gasteiger partial charge in [-0.3, -0.25) is 4.79 Å². The Kier molecular flexibility index (Phi) is 7.17. The van der Waals surface area contributed by atoms with Crippen molar-refractivity contribution in [2.75, 3.05) is 0 Å². The van der Waals surface area contributed by atoms with Gasteiger partial charge >= 0.3 is 12.1 Å². The minimum absolute atomic E-state index is 0.0235. The van der Waals surface area contributed by atoms with Crippen LogP contribution in [0.4, 0.5) is 4.79 Å². The van der Waals surface area contributed by atoms with Crippen molar-refractivity contribution >= 4 is 18.0 Å². The number of nitrogens with one attached hydrogen (secondary N) is 1. The smallest absolute Gasteiger partial charge is 0.408 e. The van der Waals surface area contributed by atoms with Crippen LogP contribution >= 0.6 is 0 Å². The molecule has 1 atom stereocenters. The number of esters is 1. The zero-order chi connectivity index (χ0) is 18.8. The van der Waals surface area contributed by atoms with Crippen molar-refractivity contribution in [1.29, 1.82) is 0 Å². The Hall–Kier alpha value is -3.35. The van der Waals surface area contributed by atoms with E-state index in [9.17, 15) is 14.4 Å². The molecule has 0 heterocycles. The molecule has 0 saturated carbocycles. The summed E-state index contributed by atoms with van der Waals surface area (Å²) in [4.78, 5) is 35.2. The molecule has 7 nitrogen and oxygen atoms in total. The van der Waals surface area contributed by atoms with E-state index in [0.29, 0.717) is 0 Å². The number of amides is 2. The van der Waals surface area contributed by atoms with Crippen molar-refractivity contribution in [3.05, 3.63) is 71.8 Å². The molecule has 0 fully saturated rings. The number of carbonyl (C=O) groups is 3. The van der Waals surface area contributed by atoms with Crippen molar-refractivity contribution in [1.82, 2.24) is 5.32 Å². The van der Waals surface area contributed by atoms with Gasteiger partial charge in [-0.15, -0.1) is 0 Å². The van der Waals surface area contributed by atoms with Gasteiger partial charge in [-0.05, 0) is 11.1 Å². The number of alkyl carbamates (subject to hydrolysis) is 1. The zero-order valence-corrected chi connectivity index (χ0v) is 14.1. The molecule has 0 aliphatic rings. The lowest BCUT2D eigenvalue weighted by atomic mass is 10.2. The number of hydrogen-bond donors (Lipinski definition) is 2. The van der Waals surface area contributed by atoms with E-state index < -0.39 is 24.0 Å². The summed E-state index contributed by atoms with van der Waals surface area (Å²) >= 11 is 0. The van der Waals surface area contributed by atoms with Gasteiger partial charge in [0.05, 0.1) is 6.42 Å². The molecule has 7 heteroatoms. The summed E-state index contributed by atoms with van der Waals surface area (Å²) in [6.07, 6.45) is -1.22. The number of ether oxygens (including phenoxy) is 2. The Labute approximate surface area is 151 Å². The minimum atomic E-state index is -1.21. The predicted molar refractivity (Wildman–Crippen MR) is 93.6 cm³/mol. The third-order valence-electron chi connectivity index (χ3n) is 3.42. The minimum Gasteiger partial charge on any atom is -0.459 e. The number of carbonyl (C=O) groups excluding carboxylic acids is 3. The molecule has 2 amide bonds.